The first-order valence-corrected chi connectivity index (χ1v) is 12.4. The Bertz CT molecular complexity index is 1130. The molecule has 0 spiro atoms. The van der Waals surface area contributed by atoms with Gasteiger partial charge in [0.15, 0.2) is 0 Å². The zero-order valence-corrected chi connectivity index (χ0v) is 19.5. The smallest absolute Gasteiger partial charge is 0.261 e. The third-order valence-corrected chi connectivity index (χ3v) is 7.52. The lowest BCUT2D eigenvalue weighted by Gasteiger charge is -2.15. The van der Waals surface area contributed by atoms with Crippen molar-refractivity contribution in [2.24, 2.45) is 0 Å². The first kappa shape index (κ1) is 23.2. The normalized spacial score (nSPS) is 12.2. The largest absolute Gasteiger partial charge is 0.325 e. The van der Waals surface area contributed by atoms with E-state index >= 15 is 0 Å². The maximum atomic E-state index is 12.7. The van der Waals surface area contributed by atoms with Crippen LogP contribution < -0.4 is 10.0 Å². The van der Waals surface area contributed by atoms with Crippen LogP contribution in [0.2, 0.25) is 5.02 Å². The minimum absolute atomic E-state index is 0.119. The zero-order chi connectivity index (χ0) is 22.4. The second-order valence-electron chi connectivity index (χ2n) is 6.95. The van der Waals surface area contributed by atoms with Crippen molar-refractivity contribution in [3.05, 3.63) is 83.4 Å². The quantitative estimate of drug-likeness (QED) is 0.395. The summed E-state index contributed by atoms with van der Waals surface area (Å²) in [5.41, 5.74) is 2.07. The Kier molecular flexibility index (Phi) is 7.64. The van der Waals surface area contributed by atoms with Gasteiger partial charge in [-0.25, -0.2) is 8.42 Å². The molecule has 0 fully saturated rings. The number of aryl methyl sites for hydroxylation is 1. The van der Waals surface area contributed by atoms with E-state index in [1.807, 2.05) is 38.1 Å². The molecule has 5 nitrogen and oxygen atoms in total. The molecule has 0 bridgehead atoms. The minimum atomic E-state index is -3.71. The van der Waals surface area contributed by atoms with Crippen molar-refractivity contribution in [1.82, 2.24) is 0 Å². The van der Waals surface area contributed by atoms with Crippen LogP contribution in [-0.2, 0) is 14.8 Å². The standard InChI is InChI=1S/C23H23ClN2O3S2/c1-3-22(30-20-12-6-17(24)7-13-20)23(27)25-18-10-14-21(15-11-18)31(28,29)26-19-8-4-16(2)5-9-19/h4-15,22,26H,3H2,1-2H3,(H,25,27)/t22-/m1/s1. The van der Waals surface area contributed by atoms with Crippen LogP contribution in [0.4, 0.5) is 11.4 Å². The molecule has 8 heteroatoms. The summed E-state index contributed by atoms with van der Waals surface area (Å²) in [5.74, 6) is -0.143. The zero-order valence-electron chi connectivity index (χ0n) is 17.1. The fourth-order valence-electron chi connectivity index (χ4n) is 2.78. The predicted molar refractivity (Wildman–Crippen MR) is 128 cm³/mol. The summed E-state index contributed by atoms with van der Waals surface area (Å²) in [4.78, 5) is 13.7. The van der Waals surface area contributed by atoms with Crippen molar-refractivity contribution < 1.29 is 13.2 Å². The molecule has 0 aliphatic carbocycles. The second-order valence-corrected chi connectivity index (χ2v) is 10.3. The minimum Gasteiger partial charge on any atom is -0.325 e. The molecule has 31 heavy (non-hydrogen) atoms. The van der Waals surface area contributed by atoms with Gasteiger partial charge in [0, 0.05) is 21.3 Å². The Labute approximate surface area is 192 Å². The number of hydrogen-bond donors (Lipinski definition) is 2. The molecule has 1 atom stereocenters. The van der Waals surface area contributed by atoms with E-state index in [0.717, 1.165) is 10.5 Å². The maximum Gasteiger partial charge on any atom is 0.261 e. The van der Waals surface area contributed by atoms with E-state index in [1.165, 1.54) is 23.9 Å². The molecule has 0 saturated carbocycles. The lowest BCUT2D eigenvalue weighted by atomic mass is 10.2. The van der Waals surface area contributed by atoms with Crippen LogP contribution in [0.3, 0.4) is 0 Å². The molecule has 162 valence electrons. The van der Waals surface area contributed by atoms with Crippen molar-refractivity contribution in [1.29, 1.82) is 0 Å². The monoisotopic (exact) mass is 474 g/mol. The van der Waals surface area contributed by atoms with Crippen LogP contribution >= 0.6 is 23.4 Å². The number of amides is 1. The fraction of sp³-hybridized carbons (Fsp3) is 0.174. The molecule has 1 amide bonds. The molecule has 2 N–H and O–H groups in total. The lowest BCUT2D eigenvalue weighted by Crippen LogP contribution is -2.24. The second kappa shape index (κ2) is 10.2. The summed E-state index contributed by atoms with van der Waals surface area (Å²) in [6.45, 7) is 3.88. The Morgan fingerprint density at radius 2 is 1.52 bits per heavy atom. The van der Waals surface area contributed by atoms with Gasteiger partial charge in [0.2, 0.25) is 5.91 Å². The first-order valence-electron chi connectivity index (χ1n) is 9.69. The van der Waals surface area contributed by atoms with Crippen LogP contribution in [0.15, 0.2) is 82.6 Å². The Morgan fingerprint density at radius 1 is 0.935 bits per heavy atom. The number of hydrogen-bond acceptors (Lipinski definition) is 4. The van der Waals surface area contributed by atoms with Crippen LogP contribution in [-0.4, -0.2) is 19.6 Å². The average Bonchev–Trinajstić information content (AvgIpc) is 2.75. The van der Waals surface area contributed by atoms with Crippen molar-refractivity contribution in [3.63, 3.8) is 0 Å². The summed E-state index contributed by atoms with van der Waals surface area (Å²) in [7, 11) is -3.71. The molecular formula is C23H23ClN2O3S2. The third-order valence-electron chi connectivity index (χ3n) is 4.49. The summed E-state index contributed by atoms with van der Waals surface area (Å²) in [5, 5.41) is 3.22. The average molecular weight is 475 g/mol. The summed E-state index contributed by atoms with van der Waals surface area (Å²) < 4.78 is 27.7. The van der Waals surface area contributed by atoms with E-state index in [2.05, 4.69) is 10.0 Å². The first-order chi connectivity index (χ1) is 14.8. The summed E-state index contributed by atoms with van der Waals surface area (Å²) >= 11 is 7.37. The number of carbonyl (C=O) groups excluding carboxylic acids is 1. The molecule has 0 aromatic heterocycles. The highest BCUT2D eigenvalue weighted by molar-refractivity contribution is 8.00. The molecule has 3 aromatic carbocycles. The third kappa shape index (κ3) is 6.50. The van der Waals surface area contributed by atoms with Gasteiger partial charge in [-0.15, -0.1) is 11.8 Å². The number of sulfonamides is 1. The van der Waals surface area contributed by atoms with Gasteiger partial charge < -0.3 is 5.32 Å². The van der Waals surface area contributed by atoms with Gasteiger partial charge in [-0.3, -0.25) is 9.52 Å². The van der Waals surface area contributed by atoms with E-state index < -0.39 is 10.0 Å². The van der Waals surface area contributed by atoms with Gasteiger partial charge in [0.05, 0.1) is 10.1 Å². The van der Waals surface area contributed by atoms with E-state index in [-0.39, 0.29) is 16.1 Å². The highest BCUT2D eigenvalue weighted by Gasteiger charge is 2.19. The number of anilines is 2. The van der Waals surface area contributed by atoms with Crippen molar-refractivity contribution in [2.75, 3.05) is 10.0 Å². The molecule has 0 saturated heterocycles. The van der Waals surface area contributed by atoms with Crippen LogP contribution in [0.5, 0.6) is 0 Å². The van der Waals surface area contributed by atoms with E-state index in [1.54, 1.807) is 36.4 Å². The molecule has 0 radical (unpaired) electrons. The predicted octanol–water partition coefficient (Wildman–Crippen LogP) is 5.96. The van der Waals surface area contributed by atoms with Crippen molar-refractivity contribution in [2.45, 2.75) is 35.3 Å². The number of benzene rings is 3. The molecule has 3 aromatic rings. The van der Waals surface area contributed by atoms with Gasteiger partial charge in [-0.1, -0.05) is 36.2 Å². The molecule has 3 rings (SSSR count). The van der Waals surface area contributed by atoms with E-state index in [9.17, 15) is 13.2 Å². The van der Waals surface area contributed by atoms with Crippen LogP contribution in [0.1, 0.15) is 18.9 Å². The summed E-state index contributed by atoms with van der Waals surface area (Å²) in [6.07, 6.45) is 0.645. The van der Waals surface area contributed by atoms with Gasteiger partial charge >= 0.3 is 0 Å². The van der Waals surface area contributed by atoms with Crippen LogP contribution in [0, 0.1) is 6.92 Å². The topological polar surface area (TPSA) is 75.3 Å². The number of thioether (sulfide) groups is 1. The van der Waals surface area contributed by atoms with Crippen LogP contribution in [0.25, 0.3) is 0 Å². The van der Waals surface area contributed by atoms with Crippen molar-refractivity contribution >= 4 is 50.7 Å². The fourth-order valence-corrected chi connectivity index (χ4v) is 4.91. The molecular weight excluding hydrogens is 452 g/mol. The molecule has 0 aliphatic rings. The number of halogens is 1. The summed E-state index contributed by atoms with van der Waals surface area (Å²) in [6, 6.07) is 20.5. The van der Waals surface area contributed by atoms with Gasteiger partial charge in [-0.05, 0) is 74.0 Å². The molecule has 0 aliphatic heterocycles. The van der Waals surface area contributed by atoms with E-state index in [0.29, 0.717) is 22.8 Å². The molecule has 0 heterocycles. The van der Waals surface area contributed by atoms with E-state index in [4.69, 9.17) is 11.6 Å². The SMILES string of the molecule is CC[C@@H](Sc1ccc(Cl)cc1)C(=O)Nc1ccc(S(=O)(=O)Nc2ccc(C)cc2)cc1. The number of rotatable bonds is 8. The van der Waals surface area contributed by atoms with Crippen molar-refractivity contribution in [3.8, 4) is 0 Å². The Hall–Kier alpha value is -2.48. The number of nitrogens with one attached hydrogen (secondary N) is 2. The van der Waals surface area contributed by atoms with Gasteiger partial charge in [0.1, 0.15) is 0 Å². The highest BCUT2D eigenvalue weighted by Crippen LogP contribution is 2.28. The number of carbonyl (C=O) groups is 1. The Balaban J connectivity index is 1.65. The van der Waals surface area contributed by atoms with Gasteiger partial charge in [0.25, 0.3) is 10.0 Å². The Morgan fingerprint density at radius 3 is 2.10 bits per heavy atom. The highest BCUT2D eigenvalue weighted by atomic mass is 35.5. The molecule has 0 unspecified atom stereocenters. The maximum absolute atomic E-state index is 12.7. The lowest BCUT2D eigenvalue weighted by molar-refractivity contribution is -0.115. The van der Waals surface area contributed by atoms with Gasteiger partial charge in [-0.2, -0.15) is 0 Å².